The van der Waals surface area contributed by atoms with E-state index in [1.807, 2.05) is 6.07 Å². The van der Waals surface area contributed by atoms with Crippen molar-refractivity contribution in [3.05, 3.63) is 53.9 Å². The number of halogens is 2. The Kier molecular flexibility index (Phi) is 5.60. The number of anilines is 2. The van der Waals surface area contributed by atoms with Gasteiger partial charge in [0.1, 0.15) is 12.2 Å². The number of benzene rings is 2. The van der Waals surface area contributed by atoms with Crippen LogP contribution >= 0.6 is 0 Å². The SMILES string of the molecule is CC1CN(c2ccc(C(=O)Nc3cc(F)c4nn(C)cc4c3)c3nc(CF)ncc23)CC(C)N1. The van der Waals surface area contributed by atoms with Gasteiger partial charge in [-0.05, 0) is 38.1 Å². The number of piperazine rings is 1. The number of hydrogen-bond donors (Lipinski definition) is 2. The quantitative estimate of drug-likeness (QED) is 0.479. The minimum absolute atomic E-state index is 0.00331. The molecule has 1 amide bonds. The van der Waals surface area contributed by atoms with Crippen molar-refractivity contribution in [3.63, 3.8) is 0 Å². The zero-order valence-electron chi connectivity index (χ0n) is 19.1. The number of fused-ring (bicyclic) bond motifs is 2. The Morgan fingerprint density at radius 3 is 2.71 bits per heavy atom. The van der Waals surface area contributed by atoms with Gasteiger partial charge in [-0.25, -0.2) is 18.7 Å². The maximum absolute atomic E-state index is 14.5. The highest BCUT2D eigenvalue weighted by atomic mass is 19.1. The molecule has 1 aliphatic heterocycles. The normalized spacial score (nSPS) is 18.6. The number of aryl methyl sites for hydroxylation is 1. The molecule has 1 fully saturated rings. The van der Waals surface area contributed by atoms with Crippen LogP contribution in [0, 0.1) is 5.82 Å². The van der Waals surface area contributed by atoms with Crippen molar-refractivity contribution in [3.8, 4) is 0 Å². The molecule has 0 radical (unpaired) electrons. The van der Waals surface area contributed by atoms with Crippen LogP contribution in [-0.4, -0.2) is 50.8 Å². The second kappa shape index (κ2) is 8.60. The highest BCUT2D eigenvalue weighted by Crippen LogP contribution is 2.30. The Hall–Kier alpha value is -3.66. The molecule has 10 heteroatoms. The number of amides is 1. The molecule has 2 aromatic heterocycles. The van der Waals surface area contributed by atoms with Crippen molar-refractivity contribution in [2.75, 3.05) is 23.3 Å². The van der Waals surface area contributed by atoms with Crippen LogP contribution in [0.15, 0.2) is 36.7 Å². The number of nitrogens with one attached hydrogen (secondary N) is 2. The molecule has 5 rings (SSSR count). The predicted molar refractivity (Wildman–Crippen MR) is 127 cm³/mol. The number of alkyl halides is 1. The lowest BCUT2D eigenvalue weighted by Crippen LogP contribution is -2.54. The van der Waals surface area contributed by atoms with Crippen molar-refractivity contribution >= 4 is 39.1 Å². The van der Waals surface area contributed by atoms with E-state index >= 15 is 0 Å². The summed E-state index contributed by atoms with van der Waals surface area (Å²) in [4.78, 5) is 23.9. The lowest BCUT2D eigenvalue weighted by molar-refractivity contribution is 0.102. The second-order valence-corrected chi connectivity index (χ2v) is 8.84. The number of rotatable bonds is 4. The standard InChI is InChI=1S/C24H25F2N7O/c1-13-10-33(11-14(2)28-13)20-5-4-17(23-18(20)9-27-21(8-25)30-23)24(34)29-16-6-15-12-32(3)31-22(15)19(26)7-16/h4-7,9,12-14,28H,8,10-11H2,1-3H3,(H,29,34). The number of aromatic nitrogens is 4. The summed E-state index contributed by atoms with van der Waals surface area (Å²) in [6.45, 7) is 4.94. The first-order chi connectivity index (χ1) is 16.3. The summed E-state index contributed by atoms with van der Waals surface area (Å²) < 4.78 is 29.4. The summed E-state index contributed by atoms with van der Waals surface area (Å²) in [5.74, 6) is -0.995. The van der Waals surface area contributed by atoms with E-state index in [0.29, 0.717) is 22.0 Å². The molecule has 176 valence electrons. The Morgan fingerprint density at radius 1 is 1.21 bits per heavy atom. The van der Waals surface area contributed by atoms with E-state index in [1.54, 1.807) is 31.6 Å². The van der Waals surface area contributed by atoms with E-state index in [4.69, 9.17) is 0 Å². The molecule has 1 saturated heterocycles. The van der Waals surface area contributed by atoms with Crippen LogP contribution in [0.25, 0.3) is 21.8 Å². The minimum Gasteiger partial charge on any atom is -0.368 e. The molecule has 2 aromatic carbocycles. The highest BCUT2D eigenvalue weighted by Gasteiger charge is 2.24. The van der Waals surface area contributed by atoms with Crippen LogP contribution in [0.3, 0.4) is 0 Å². The van der Waals surface area contributed by atoms with Crippen LogP contribution in [0.2, 0.25) is 0 Å². The molecule has 1 aliphatic rings. The minimum atomic E-state index is -0.841. The van der Waals surface area contributed by atoms with E-state index in [2.05, 4.69) is 44.4 Å². The fourth-order valence-corrected chi connectivity index (χ4v) is 4.67. The molecule has 2 atom stereocenters. The van der Waals surface area contributed by atoms with Gasteiger partial charge < -0.3 is 15.5 Å². The Balaban J connectivity index is 1.54. The van der Waals surface area contributed by atoms with Gasteiger partial charge in [0, 0.05) is 66.8 Å². The monoisotopic (exact) mass is 465 g/mol. The molecular weight excluding hydrogens is 440 g/mol. The van der Waals surface area contributed by atoms with E-state index < -0.39 is 18.4 Å². The van der Waals surface area contributed by atoms with Crippen LogP contribution in [0.4, 0.5) is 20.2 Å². The summed E-state index contributed by atoms with van der Waals surface area (Å²) in [5, 5.41) is 11.6. The van der Waals surface area contributed by atoms with Gasteiger partial charge in [-0.15, -0.1) is 0 Å². The first-order valence-electron chi connectivity index (χ1n) is 11.1. The molecule has 4 aromatic rings. The third-order valence-corrected chi connectivity index (χ3v) is 5.97. The van der Waals surface area contributed by atoms with E-state index in [9.17, 15) is 13.6 Å². The maximum Gasteiger partial charge on any atom is 0.257 e. The topological polar surface area (TPSA) is 88.0 Å². The zero-order valence-corrected chi connectivity index (χ0v) is 19.1. The number of carbonyl (C=O) groups excluding carboxylic acids is 1. The lowest BCUT2D eigenvalue weighted by Gasteiger charge is -2.38. The largest absolute Gasteiger partial charge is 0.368 e. The maximum atomic E-state index is 14.5. The van der Waals surface area contributed by atoms with Crippen molar-refractivity contribution < 1.29 is 13.6 Å². The molecule has 0 spiro atoms. The molecule has 0 bridgehead atoms. The Morgan fingerprint density at radius 2 is 1.97 bits per heavy atom. The molecule has 0 saturated carbocycles. The van der Waals surface area contributed by atoms with Gasteiger partial charge in [0.15, 0.2) is 11.6 Å². The molecule has 3 heterocycles. The zero-order chi connectivity index (χ0) is 24.0. The summed E-state index contributed by atoms with van der Waals surface area (Å²) in [6.07, 6.45) is 3.25. The average molecular weight is 466 g/mol. The van der Waals surface area contributed by atoms with Crippen molar-refractivity contribution in [2.45, 2.75) is 32.6 Å². The molecular formula is C24H25F2N7O. The van der Waals surface area contributed by atoms with Gasteiger partial charge in [-0.3, -0.25) is 9.48 Å². The van der Waals surface area contributed by atoms with Gasteiger partial charge >= 0.3 is 0 Å². The Bertz CT molecular complexity index is 1390. The predicted octanol–water partition coefficient (Wildman–Crippen LogP) is 3.56. The third kappa shape index (κ3) is 4.05. The number of carbonyl (C=O) groups is 1. The van der Waals surface area contributed by atoms with E-state index in [1.165, 1.54) is 10.7 Å². The third-order valence-electron chi connectivity index (χ3n) is 5.97. The van der Waals surface area contributed by atoms with Crippen molar-refractivity contribution in [1.82, 2.24) is 25.1 Å². The summed E-state index contributed by atoms with van der Waals surface area (Å²) in [7, 11) is 1.70. The molecule has 2 N–H and O–H groups in total. The number of hydrogen-bond acceptors (Lipinski definition) is 6. The first kappa shape index (κ1) is 22.1. The van der Waals surface area contributed by atoms with Crippen LogP contribution in [0.1, 0.15) is 30.0 Å². The molecule has 0 aliphatic carbocycles. The summed E-state index contributed by atoms with van der Waals surface area (Å²) in [5.41, 5.74) is 2.04. The molecule has 2 unspecified atom stereocenters. The highest BCUT2D eigenvalue weighted by molar-refractivity contribution is 6.14. The average Bonchev–Trinajstić information content (AvgIpc) is 3.18. The fourth-order valence-electron chi connectivity index (χ4n) is 4.67. The van der Waals surface area contributed by atoms with Crippen molar-refractivity contribution in [1.29, 1.82) is 0 Å². The molecule has 34 heavy (non-hydrogen) atoms. The van der Waals surface area contributed by atoms with Gasteiger partial charge in [0.05, 0.1) is 11.1 Å². The van der Waals surface area contributed by atoms with Gasteiger partial charge in [0.25, 0.3) is 5.91 Å². The second-order valence-electron chi connectivity index (χ2n) is 8.84. The van der Waals surface area contributed by atoms with Crippen LogP contribution in [-0.2, 0) is 13.7 Å². The van der Waals surface area contributed by atoms with E-state index in [0.717, 1.165) is 18.8 Å². The van der Waals surface area contributed by atoms with Gasteiger partial charge in [-0.2, -0.15) is 5.10 Å². The fraction of sp³-hybridized carbons (Fsp3) is 0.333. The Labute approximate surface area is 195 Å². The van der Waals surface area contributed by atoms with Crippen LogP contribution in [0.5, 0.6) is 0 Å². The van der Waals surface area contributed by atoms with Gasteiger partial charge in [0.2, 0.25) is 0 Å². The summed E-state index contributed by atoms with van der Waals surface area (Å²) in [6, 6.07) is 7.00. The van der Waals surface area contributed by atoms with Gasteiger partial charge in [-0.1, -0.05) is 0 Å². The molecule has 8 nitrogen and oxygen atoms in total. The van der Waals surface area contributed by atoms with E-state index in [-0.39, 0.29) is 29.0 Å². The van der Waals surface area contributed by atoms with Crippen molar-refractivity contribution in [2.24, 2.45) is 7.05 Å². The summed E-state index contributed by atoms with van der Waals surface area (Å²) >= 11 is 0. The smallest absolute Gasteiger partial charge is 0.257 e. The first-order valence-corrected chi connectivity index (χ1v) is 11.1. The van der Waals surface area contributed by atoms with Crippen LogP contribution < -0.4 is 15.5 Å². The lowest BCUT2D eigenvalue weighted by atomic mass is 10.0. The number of nitrogens with zero attached hydrogens (tertiary/aromatic N) is 5.